The van der Waals surface area contributed by atoms with E-state index in [-0.39, 0.29) is 29.0 Å². The molecule has 0 unspecified atom stereocenters. The fourth-order valence-corrected chi connectivity index (χ4v) is 4.15. The van der Waals surface area contributed by atoms with Crippen molar-refractivity contribution in [2.75, 3.05) is 13.9 Å². The van der Waals surface area contributed by atoms with E-state index in [1.165, 1.54) is 26.3 Å². The summed E-state index contributed by atoms with van der Waals surface area (Å²) >= 11 is 6.05. The Bertz CT molecular complexity index is 1320. The SMILES string of the molecule is COc1ccnc(C(=O)N[C@@H](C)C(=O)O[C@@H](C)[C@H](Cc2ccc(Cl)cc2)c2ccccc2)c1OCOC(=O)C(C)C. The molecule has 3 aromatic rings. The van der Waals surface area contributed by atoms with E-state index in [0.717, 1.165) is 11.1 Å². The molecule has 1 heterocycles. The second-order valence-corrected chi connectivity index (χ2v) is 10.2. The Morgan fingerprint density at radius 3 is 2.24 bits per heavy atom. The molecule has 0 radical (unpaired) electrons. The summed E-state index contributed by atoms with van der Waals surface area (Å²) in [5, 5.41) is 3.25. The average Bonchev–Trinajstić information content (AvgIpc) is 2.96. The maximum absolute atomic E-state index is 13.1. The Hall–Kier alpha value is -4.11. The second kappa shape index (κ2) is 15.0. The number of benzene rings is 2. The number of methoxy groups -OCH3 is 1. The molecule has 10 heteroatoms. The summed E-state index contributed by atoms with van der Waals surface area (Å²) < 4.78 is 21.7. The first-order valence-corrected chi connectivity index (χ1v) is 13.6. The van der Waals surface area contributed by atoms with Gasteiger partial charge in [0.15, 0.2) is 17.2 Å². The van der Waals surface area contributed by atoms with Crippen molar-refractivity contribution in [3.63, 3.8) is 0 Å². The van der Waals surface area contributed by atoms with Gasteiger partial charge in [0, 0.05) is 23.2 Å². The van der Waals surface area contributed by atoms with Crippen molar-refractivity contribution in [2.45, 2.75) is 52.2 Å². The van der Waals surface area contributed by atoms with Crippen molar-refractivity contribution < 1.29 is 33.3 Å². The number of carbonyl (C=O) groups is 3. The van der Waals surface area contributed by atoms with Crippen LogP contribution in [-0.4, -0.2) is 48.9 Å². The highest BCUT2D eigenvalue weighted by molar-refractivity contribution is 6.30. The predicted molar refractivity (Wildman–Crippen MR) is 154 cm³/mol. The summed E-state index contributed by atoms with van der Waals surface area (Å²) in [7, 11) is 1.40. The number of rotatable bonds is 13. The summed E-state index contributed by atoms with van der Waals surface area (Å²) in [6, 6.07) is 17.8. The van der Waals surface area contributed by atoms with Crippen LogP contribution in [0.2, 0.25) is 5.02 Å². The molecule has 0 spiro atoms. The van der Waals surface area contributed by atoms with Crippen LogP contribution < -0.4 is 14.8 Å². The molecule has 0 aliphatic heterocycles. The lowest BCUT2D eigenvalue weighted by atomic mass is 9.88. The number of ether oxygens (including phenoxy) is 4. The van der Waals surface area contributed by atoms with Gasteiger partial charge in [0.2, 0.25) is 6.79 Å². The van der Waals surface area contributed by atoms with Crippen LogP contribution in [0.25, 0.3) is 0 Å². The largest absolute Gasteiger partial charge is 0.493 e. The predicted octanol–water partition coefficient (Wildman–Crippen LogP) is 5.36. The van der Waals surface area contributed by atoms with E-state index in [1.807, 2.05) is 61.5 Å². The smallest absolute Gasteiger partial charge is 0.328 e. The van der Waals surface area contributed by atoms with Crippen LogP contribution in [0.1, 0.15) is 55.2 Å². The number of esters is 2. The molecule has 0 aliphatic rings. The number of nitrogens with one attached hydrogen (secondary N) is 1. The van der Waals surface area contributed by atoms with Crippen LogP contribution in [0.5, 0.6) is 11.5 Å². The van der Waals surface area contributed by atoms with E-state index in [9.17, 15) is 14.4 Å². The number of hydrogen-bond donors (Lipinski definition) is 1. The first-order chi connectivity index (χ1) is 19.6. The average molecular weight is 583 g/mol. The first kappa shape index (κ1) is 31.4. The number of halogens is 1. The van der Waals surface area contributed by atoms with Gasteiger partial charge in [0.05, 0.1) is 13.0 Å². The molecular weight excluding hydrogens is 548 g/mol. The van der Waals surface area contributed by atoms with E-state index >= 15 is 0 Å². The molecule has 3 atom stereocenters. The third-order valence-electron chi connectivity index (χ3n) is 6.35. The molecule has 0 saturated carbocycles. The number of hydrogen-bond acceptors (Lipinski definition) is 8. The molecule has 3 rings (SSSR count). The van der Waals surface area contributed by atoms with Gasteiger partial charge in [0.25, 0.3) is 5.91 Å². The molecule has 0 saturated heterocycles. The minimum absolute atomic E-state index is 0.0231. The van der Waals surface area contributed by atoms with Gasteiger partial charge in [-0.3, -0.25) is 9.59 Å². The van der Waals surface area contributed by atoms with Crippen molar-refractivity contribution in [2.24, 2.45) is 5.92 Å². The highest BCUT2D eigenvalue weighted by Crippen LogP contribution is 2.30. The molecule has 2 aromatic carbocycles. The Kier molecular flexibility index (Phi) is 11.5. The zero-order valence-corrected chi connectivity index (χ0v) is 24.5. The number of carbonyl (C=O) groups excluding carboxylic acids is 3. The van der Waals surface area contributed by atoms with Gasteiger partial charge >= 0.3 is 11.9 Å². The molecule has 1 N–H and O–H groups in total. The van der Waals surface area contributed by atoms with Crippen LogP contribution in [0.3, 0.4) is 0 Å². The Morgan fingerprint density at radius 2 is 1.61 bits per heavy atom. The van der Waals surface area contributed by atoms with Crippen molar-refractivity contribution in [1.82, 2.24) is 10.3 Å². The fraction of sp³-hybridized carbons (Fsp3) is 0.355. The Balaban J connectivity index is 1.70. The quantitative estimate of drug-likeness (QED) is 0.212. The molecule has 9 nitrogen and oxygen atoms in total. The van der Waals surface area contributed by atoms with Gasteiger partial charge in [-0.2, -0.15) is 0 Å². The lowest BCUT2D eigenvalue weighted by molar-refractivity contribution is -0.154. The molecule has 0 bridgehead atoms. The summed E-state index contributed by atoms with van der Waals surface area (Å²) in [4.78, 5) is 42.1. The zero-order chi connectivity index (χ0) is 29.9. The summed E-state index contributed by atoms with van der Waals surface area (Å²) in [6.07, 6.45) is 1.48. The monoisotopic (exact) mass is 582 g/mol. The van der Waals surface area contributed by atoms with E-state index in [1.54, 1.807) is 13.8 Å². The topological polar surface area (TPSA) is 113 Å². The van der Waals surface area contributed by atoms with E-state index in [0.29, 0.717) is 11.4 Å². The zero-order valence-electron chi connectivity index (χ0n) is 23.8. The molecule has 41 heavy (non-hydrogen) atoms. The van der Waals surface area contributed by atoms with Crippen LogP contribution in [0, 0.1) is 5.92 Å². The van der Waals surface area contributed by atoms with Crippen molar-refractivity contribution in [3.8, 4) is 11.5 Å². The molecule has 218 valence electrons. The molecule has 1 aromatic heterocycles. The van der Waals surface area contributed by atoms with E-state index in [2.05, 4.69) is 10.3 Å². The van der Waals surface area contributed by atoms with Crippen LogP contribution in [-0.2, 0) is 25.5 Å². The summed E-state index contributed by atoms with van der Waals surface area (Å²) in [6.45, 7) is 6.28. The lowest BCUT2D eigenvalue weighted by Gasteiger charge is -2.26. The normalized spacial score (nSPS) is 13.0. The third-order valence-corrected chi connectivity index (χ3v) is 6.60. The Labute approximate surface area is 245 Å². The molecule has 0 fully saturated rings. The minimum atomic E-state index is -1.00. The molecule has 1 amide bonds. The maximum Gasteiger partial charge on any atom is 0.328 e. The second-order valence-electron chi connectivity index (χ2n) is 9.76. The number of amides is 1. The highest BCUT2D eigenvalue weighted by atomic mass is 35.5. The van der Waals surface area contributed by atoms with E-state index in [4.69, 9.17) is 30.5 Å². The lowest BCUT2D eigenvalue weighted by Crippen LogP contribution is -2.41. The van der Waals surface area contributed by atoms with Gasteiger partial charge in [0.1, 0.15) is 12.1 Å². The molecule has 0 aliphatic carbocycles. The van der Waals surface area contributed by atoms with Gasteiger partial charge in [-0.15, -0.1) is 0 Å². The Morgan fingerprint density at radius 1 is 0.927 bits per heavy atom. The van der Waals surface area contributed by atoms with Gasteiger partial charge in [-0.05, 0) is 43.5 Å². The minimum Gasteiger partial charge on any atom is -0.493 e. The highest BCUT2D eigenvalue weighted by Gasteiger charge is 2.28. The molecular formula is C31H35ClN2O7. The van der Waals surface area contributed by atoms with E-state index < -0.39 is 36.8 Å². The van der Waals surface area contributed by atoms with Crippen molar-refractivity contribution in [3.05, 3.63) is 88.7 Å². The summed E-state index contributed by atoms with van der Waals surface area (Å²) in [5.74, 6) is -2.06. The fourth-order valence-electron chi connectivity index (χ4n) is 4.03. The van der Waals surface area contributed by atoms with Crippen LogP contribution in [0.15, 0.2) is 66.9 Å². The number of nitrogens with zero attached hydrogens (tertiary/aromatic N) is 1. The van der Waals surface area contributed by atoms with Gasteiger partial charge in [-0.25, -0.2) is 9.78 Å². The maximum atomic E-state index is 13.1. The van der Waals surface area contributed by atoms with Crippen LogP contribution in [0.4, 0.5) is 0 Å². The standard InChI is InChI=1S/C31H35ClN2O7/c1-19(2)30(36)40-18-39-28-26(38-5)15-16-33-27(28)29(35)34-20(3)31(37)41-21(4)25(23-9-7-6-8-10-23)17-22-11-13-24(32)14-12-22/h6-16,19-21,25H,17-18H2,1-5H3,(H,34,35)/t20-,21-,25-/m0/s1. The van der Waals surface area contributed by atoms with Crippen LogP contribution >= 0.6 is 11.6 Å². The summed E-state index contributed by atoms with van der Waals surface area (Å²) in [5.41, 5.74) is 1.92. The number of pyridine rings is 1. The first-order valence-electron chi connectivity index (χ1n) is 13.2. The number of aromatic nitrogens is 1. The third kappa shape index (κ3) is 8.94. The van der Waals surface area contributed by atoms with Gasteiger partial charge < -0.3 is 24.3 Å². The van der Waals surface area contributed by atoms with Gasteiger partial charge in [-0.1, -0.05) is 67.9 Å². The van der Waals surface area contributed by atoms with Crippen molar-refractivity contribution >= 4 is 29.4 Å². The van der Waals surface area contributed by atoms with Crippen molar-refractivity contribution in [1.29, 1.82) is 0 Å².